The van der Waals surface area contributed by atoms with Crippen molar-refractivity contribution in [3.05, 3.63) is 43.7 Å². The Balaban J connectivity index is 0.00000192. The molecule has 0 heterocycles. The summed E-state index contributed by atoms with van der Waals surface area (Å²) in [6, 6.07) is 5.24. The molecule has 25 heavy (non-hydrogen) atoms. The molecule has 0 aromatic heterocycles. The third-order valence-corrected chi connectivity index (χ3v) is 5.98. The zero-order valence-electron chi connectivity index (χ0n) is 17.2. The molecule has 2 aliphatic carbocycles. The van der Waals surface area contributed by atoms with Gasteiger partial charge < -0.3 is 19.8 Å². The van der Waals surface area contributed by atoms with Gasteiger partial charge >= 0.3 is 21.7 Å². The standard InChI is InChI=1S/C21H34N.2CH3.Ti/c1-22(2)14-13-19-15-20(17-9-5-3-6-10-17)16-21(19)18-11-7-4-8-12-18;;;/h15-18H,3-14H2,1-2H3;2*1H3;/q3*-1;+3. The van der Waals surface area contributed by atoms with Gasteiger partial charge in [0, 0.05) is 0 Å². The molecule has 1 aromatic rings. The van der Waals surface area contributed by atoms with Crippen molar-refractivity contribution in [1.29, 1.82) is 0 Å². The van der Waals surface area contributed by atoms with Crippen molar-refractivity contribution in [2.75, 3.05) is 20.6 Å². The van der Waals surface area contributed by atoms with Crippen LogP contribution in [0.2, 0.25) is 0 Å². The van der Waals surface area contributed by atoms with Crippen LogP contribution in [0, 0.1) is 14.9 Å². The third-order valence-electron chi connectivity index (χ3n) is 5.98. The molecule has 0 N–H and O–H groups in total. The van der Waals surface area contributed by atoms with Gasteiger partial charge in [0.1, 0.15) is 0 Å². The average molecular weight is 378 g/mol. The largest absolute Gasteiger partial charge is 3.00 e. The predicted molar refractivity (Wildman–Crippen MR) is 109 cm³/mol. The van der Waals surface area contributed by atoms with Gasteiger partial charge in [0.15, 0.2) is 0 Å². The Kier molecular flexibility index (Phi) is 12.4. The fraction of sp³-hybridized carbons (Fsp3) is 0.696. The molecule has 1 radical (unpaired) electrons. The van der Waals surface area contributed by atoms with E-state index in [9.17, 15) is 0 Å². The normalized spacial score (nSPS) is 19.0. The SMILES string of the molecule is CN(C)CC[c-]1cc(C2CCCCC2)cc1C1CCCCC1.[CH3-].[CH3-].[Ti+3]. The molecule has 0 spiro atoms. The van der Waals surface area contributed by atoms with Crippen LogP contribution in [0.25, 0.3) is 0 Å². The molecule has 0 unspecified atom stereocenters. The van der Waals surface area contributed by atoms with Crippen LogP contribution in [0.15, 0.2) is 12.1 Å². The monoisotopic (exact) mass is 378 g/mol. The summed E-state index contributed by atoms with van der Waals surface area (Å²) in [5.41, 5.74) is 5.11. The zero-order chi connectivity index (χ0) is 15.4. The van der Waals surface area contributed by atoms with Gasteiger partial charge in [-0.2, -0.15) is 22.8 Å². The first-order chi connectivity index (χ1) is 10.7. The third kappa shape index (κ3) is 6.92. The molecule has 0 aliphatic heterocycles. The van der Waals surface area contributed by atoms with Crippen molar-refractivity contribution in [3.63, 3.8) is 0 Å². The van der Waals surface area contributed by atoms with Gasteiger partial charge in [-0.25, -0.2) is 6.07 Å². The van der Waals surface area contributed by atoms with Crippen LogP contribution >= 0.6 is 0 Å². The number of rotatable bonds is 5. The van der Waals surface area contributed by atoms with Crippen molar-refractivity contribution in [2.24, 2.45) is 0 Å². The van der Waals surface area contributed by atoms with Crippen LogP contribution in [0.3, 0.4) is 0 Å². The van der Waals surface area contributed by atoms with Gasteiger partial charge in [-0.3, -0.25) is 0 Å². The summed E-state index contributed by atoms with van der Waals surface area (Å²) in [5, 5.41) is 0. The first kappa shape index (κ1) is 25.0. The minimum Gasteiger partial charge on any atom is -0.358 e. The van der Waals surface area contributed by atoms with Crippen molar-refractivity contribution < 1.29 is 21.7 Å². The molecule has 141 valence electrons. The molecule has 2 heteroatoms. The van der Waals surface area contributed by atoms with E-state index < -0.39 is 0 Å². The van der Waals surface area contributed by atoms with E-state index in [0.29, 0.717) is 0 Å². The van der Waals surface area contributed by atoms with Crippen molar-refractivity contribution in [3.8, 4) is 0 Å². The summed E-state index contributed by atoms with van der Waals surface area (Å²) in [7, 11) is 4.40. The smallest absolute Gasteiger partial charge is 0.358 e. The van der Waals surface area contributed by atoms with E-state index in [1.807, 2.05) is 0 Å². The minimum absolute atomic E-state index is 0. The summed E-state index contributed by atoms with van der Waals surface area (Å²) in [6.07, 6.45) is 15.7. The van der Waals surface area contributed by atoms with Crippen molar-refractivity contribution in [2.45, 2.75) is 82.5 Å². The van der Waals surface area contributed by atoms with Crippen LogP contribution in [0.1, 0.15) is 92.7 Å². The average Bonchev–Trinajstić information content (AvgIpc) is 2.99. The van der Waals surface area contributed by atoms with E-state index in [1.54, 1.807) is 16.7 Å². The van der Waals surface area contributed by atoms with Crippen molar-refractivity contribution >= 4 is 0 Å². The van der Waals surface area contributed by atoms with E-state index in [4.69, 9.17) is 0 Å². The molecule has 2 fully saturated rings. The second-order valence-corrected chi connectivity index (χ2v) is 7.99. The van der Waals surface area contributed by atoms with E-state index in [0.717, 1.165) is 11.8 Å². The fourth-order valence-corrected chi connectivity index (χ4v) is 4.62. The second-order valence-electron chi connectivity index (χ2n) is 7.99. The van der Waals surface area contributed by atoms with Crippen LogP contribution in [0.4, 0.5) is 0 Å². The van der Waals surface area contributed by atoms with Gasteiger partial charge in [0.2, 0.25) is 0 Å². The number of hydrogen-bond donors (Lipinski definition) is 0. The van der Waals surface area contributed by atoms with Gasteiger partial charge in [0.05, 0.1) is 0 Å². The Bertz CT molecular complexity index is 451. The first-order valence-corrected chi connectivity index (χ1v) is 9.68. The maximum Gasteiger partial charge on any atom is 3.00 e. The second kappa shape index (κ2) is 12.4. The molecule has 0 amide bonds. The van der Waals surface area contributed by atoms with Crippen LogP contribution in [-0.4, -0.2) is 25.5 Å². The zero-order valence-corrected chi connectivity index (χ0v) is 18.8. The summed E-state index contributed by atoms with van der Waals surface area (Å²) >= 11 is 0. The number of likely N-dealkylation sites (N-methyl/N-ethyl adjacent to an activating group) is 1. The Morgan fingerprint density at radius 3 is 1.92 bits per heavy atom. The van der Waals surface area contributed by atoms with Gasteiger partial charge in [-0.15, -0.1) is 0 Å². The molecule has 1 nitrogen and oxygen atoms in total. The van der Waals surface area contributed by atoms with E-state index in [1.165, 1.54) is 77.2 Å². The number of nitrogens with zero attached hydrogens (tertiary/aromatic N) is 1. The van der Waals surface area contributed by atoms with E-state index >= 15 is 0 Å². The Morgan fingerprint density at radius 1 is 0.880 bits per heavy atom. The first-order valence-electron chi connectivity index (χ1n) is 9.68. The predicted octanol–water partition coefficient (Wildman–Crippen LogP) is 6.50. The maximum absolute atomic E-state index is 2.64. The molecule has 2 saturated carbocycles. The Morgan fingerprint density at radius 2 is 1.40 bits per heavy atom. The van der Waals surface area contributed by atoms with E-state index in [-0.39, 0.29) is 36.6 Å². The van der Waals surface area contributed by atoms with Gasteiger partial charge in [0.25, 0.3) is 0 Å². The molecule has 0 bridgehead atoms. The van der Waals surface area contributed by atoms with Crippen LogP contribution < -0.4 is 0 Å². The quantitative estimate of drug-likeness (QED) is 0.417. The minimum atomic E-state index is 0. The topological polar surface area (TPSA) is 3.24 Å². The van der Waals surface area contributed by atoms with Crippen molar-refractivity contribution in [1.82, 2.24) is 4.90 Å². The van der Waals surface area contributed by atoms with E-state index in [2.05, 4.69) is 31.1 Å². The maximum atomic E-state index is 2.64. The summed E-state index contributed by atoms with van der Waals surface area (Å²) in [5.74, 6) is 1.73. The summed E-state index contributed by atoms with van der Waals surface area (Å²) in [6.45, 7) is 1.19. The molecular weight excluding hydrogens is 338 g/mol. The molecule has 0 saturated heterocycles. The van der Waals surface area contributed by atoms with Crippen LogP contribution in [0.5, 0.6) is 0 Å². The fourth-order valence-electron chi connectivity index (χ4n) is 4.62. The molecule has 0 atom stereocenters. The molecule has 2 aliphatic rings. The Hall–Kier alpha value is 0.0243. The van der Waals surface area contributed by atoms with Gasteiger partial charge in [-0.05, 0) is 39.4 Å². The number of hydrogen-bond acceptors (Lipinski definition) is 1. The summed E-state index contributed by atoms with van der Waals surface area (Å²) < 4.78 is 0. The molecule has 1 aromatic carbocycles. The molecule has 3 rings (SSSR count). The summed E-state index contributed by atoms with van der Waals surface area (Å²) in [4.78, 5) is 2.33. The van der Waals surface area contributed by atoms with Crippen LogP contribution in [-0.2, 0) is 28.1 Å². The van der Waals surface area contributed by atoms with Gasteiger partial charge in [-0.1, -0.05) is 63.7 Å². The Labute approximate surface area is 173 Å². The molecular formula is C23H40NTi.